The monoisotopic (exact) mass is 362 g/mol. The predicted molar refractivity (Wildman–Crippen MR) is 103 cm³/mol. The molecule has 6 heteroatoms. The molecule has 2 amide bonds. The van der Waals surface area contributed by atoms with Gasteiger partial charge >= 0.3 is 6.03 Å². The minimum Gasteiger partial charge on any atom is -0.339 e. The molecule has 0 fully saturated rings. The molecule has 0 bridgehead atoms. The molecule has 27 heavy (non-hydrogen) atoms. The molecule has 4 rings (SSSR count). The second-order valence-electron chi connectivity index (χ2n) is 6.68. The van der Waals surface area contributed by atoms with E-state index in [1.165, 1.54) is 11.1 Å². The molecule has 0 saturated carbocycles. The Morgan fingerprint density at radius 2 is 2.00 bits per heavy atom. The zero-order valence-corrected chi connectivity index (χ0v) is 15.2. The van der Waals surface area contributed by atoms with Crippen molar-refractivity contribution in [3.05, 3.63) is 65.5 Å². The molecule has 2 aromatic carbocycles. The molecular weight excluding hydrogens is 340 g/mol. The van der Waals surface area contributed by atoms with Gasteiger partial charge in [0.1, 0.15) is 0 Å². The summed E-state index contributed by atoms with van der Waals surface area (Å²) in [4.78, 5) is 16.7. The molecule has 0 saturated heterocycles. The number of hydrogen-bond acceptors (Lipinski definition) is 4. The number of rotatable bonds is 4. The van der Waals surface area contributed by atoms with Crippen molar-refractivity contribution in [3.8, 4) is 11.4 Å². The zero-order chi connectivity index (χ0) is 18.6. The highest BCUT2D eigenvalue weighted by molar-refractivity contribution is 5.89. The summed E-state index contributed by atoms with van der Waals surface area (Å²) < 4.78 is 5.14. The summed E-state index contributed by atoms with van der Waals surface area (Å²) in [6, 6.07) is 15.6. The van der Waals surface area contributed by atoms with Crippen molar-refractivity contribution >= 4 is 11.7 Å². The second kappa shape index (κ2) is 7.61. The fraction of sp³-hybridized carbons (Fsp3) is 0.286. The lowest BCUT2D eigenvalue weighted by atomic mass is 9.88. The lowest BCUT2D eigenvalue weighted by Gasteiger charge is -2.26. The Kier molecular flexibility index (Phi) is 4.87. The van der Waals surface area contributed by atoms with E-state index in [9.17, 15) is 4.79 Å². The number of carbonyl (C=O) groups is 1. The number of nitrogens with one attached hydrogen (secondary N) is 2. The summed E-state index contributed by atoms with van der Waals surface area (Å²) in [5, 5.41) is 9.95. The van der Waals surface area contributed by atoms with Gasteiger partial charge in [-0.15, -0.1) is 0 Å². The van der Waals surface area contributed by atoms with Crippen LogP contribution in [0.2, 0.25) is 0 Å². The van der Waals surface area contributed by atoms with Crippen LogP contribution in [0, 0.1) is 0 Å². The first-order chi connectivity index (χ1) is 13.2. The third-order valence-electron chi connectivity index (χ3n) is 4.85. The van der Waals surface area contributed by atoms with Crippen LogP contribution in [0.3, 0.4) is 0 Å². The number of benzene rings is 2. The van der Waals surface area contributed by atoms with E-state index < -0.39 is 0 Å². The quantitative estimate of drug-likeness (QED) is 0.716. The fourth-order valence-corrected chi connectivity index (χ4v) is 3.45. The van der Waals surface area contributed by atoms with Gasteiger partial charge in [0, 0.05) is 17.7 Å². The summed E-state index contributed by atoms with van der Waals surface area (Å²) in [5.74, 6) is 1.17. The fourth-order valence-electron chi connectivity index (χ4n) is 3.45. The summed E-state index contributed by atoms with van der Waals surface area (Å²) in [7, 11) is 0. The van der Waals surface area contributed by atoms with E-state index in [1.807, 2.05) is 37.3 Å². The van der Waals surface area contributed by atoms with Crippen LogP contribution in [0.25, 0.3) is 11.4 Å². The van der Waals surface area contributed by atoms with Gasteiger partial charge in [0.25, 0.3) is 0 Å². The molecule has 1 aromatic heterocycles. The van der Waals surface area contributed by atoms with Crippen molar-refractivity contribution in [3.63, 3.8) is 0 Å². The number of nitrogens with zero attached hydrogens (tertiary/aromatic N) is 2. The molecule has 0 aliphatic heterocycles. The van der Waals surface area contributed by atoms with Crippen LogP contribution >= 0.6 is 0 Å². The summed E-state index contributed by atoms with van der Waals surface area (Å²) in [6.45, 7) is 1.97. The van der Waals surface area contributed by atoms with Crippen LogP contribution in [0.15, 0.2) is 53.1 Å². The maximum Gasteiger partial charge on any atom is 0.319 e. The third kappa shape index (κ3) is 3.84. The lowest BCUT2D eigenvalue weighted by molar-refractivity contribution is 0.247. The van der Waals surface area contributed by atoms with E-state index in [2.05, 4.69) is 39.0 Å². The average Bonchev–Trinajstić information content (AvgIpc) is 3.18. The van der Waals surface area contributed by atoms with Crippen LogP contribution in [0.5, 0.6) is 0 Å². The molecule has 1 aliphatic rings. The highest BCUT2D eigenvalue weighted by Crippen LogP contribution is 2.29. The highest BCUT2D eigenvalue weighted by atomic mass is 16.5. The van der Waals surface area contributed by atoms with E-state index in [4.69, 9.17) is 4.52 Å². The predicted octanol–water partition coefficient (Wildman–Crippen LogP) is 4.50. The van der Waals surface area contributed by atoms with E-state index in [-0.39, 0.29) is 12.1 Å². The molecule has 1 heterocycles. The number of amides is 2. The Morgan fingerprint density at radius 1 is 1.19 bits per heavy atom. The van der Waals surface area contributed by atoms with Crippen LogP contribution in [-0.4, -0.2) is 16.2 Å². The maximum atomic E-state index is 12.4. The first-order valence-electron chi connectivity index (χ1n) is 9.31. The Labute approximate surface area is 158 Å². The maximum absolute atomic E-state index is 12.4. The van der Waals surface area contributed by atoms with Gasteiger partial charge in [-0.2, -0.15) is 4.98 Å². The number of aromatic nitrogens is 2. The van der Waals surface area contributed by atoms with Crippen LogP contribution < -0.4 is 10.6 Å². The Hall–Kier alpha value is -3.15. The molecular formula is C21H22N4O2. The largest absolute Gasteiger partial charge is 0.339 e. The average molecular weight is 362 g/mol. The minimum atomic E-state index is -0.197. The molecule has 1 atom stereocenters. The Morgan fingerprint density at radius 3 is 2.78 bits per heavy atom. The molecule has 0 spiro atoms. The second-order valence-corrected chi connectivity index (χ2v) is 6.68. The lowest BCUT2D eigenvalue weighted by Crippen LogP contribution is -2.34. The van der Waals surface area contributed by atoms with E-state index in [0.29, 0.717) is 18.1 Å². The van der Waals surface area contributed by atoms with Crippen LogP contribution in [0.1, 0.15) is 42.8 Å². The number of hydrogen-bond donors (Lipinski definition) is 2. The molecule has 1 aliphatic carbocycles. The van der Waals surface area contributed by atoms with E-state index >= 15 is 0 Å². The van der Waals surface area contributed by atoms with Gasteiger partial charge in [0.15, 0.2) is 0 Å². The van der Waals surface area contributed by atoms with Crippen molar-refractivity contribution in [2.75, 3.05) is 5.32 Å². The van der Waals surface area contributed by atoms with Crippen molar-refractivity contribution in [2.24, 2.45) is 0 Å². The SMILES string of the molecule is CCc1nc(-c2ccc(NC(=O)N[C@H]3CCCc4ccccc43)cc2)no1. The van der Waals surface area contributed by atoms with Gasteiger partial charge in [-0.05, 0) is 54.7 Å². The summed E-state index contributed by atoms with van der Waals surface area (Å²) in [5.41, 5.74) is 4.12. The molecule has 0 unspecified atom stereocenters. The van der Waals surface area contributed by atoms with Gasteiger partial charge in [-0.25, -0.2) is 4.79 Å². The number of urea groups is 1. The van der Waals surface area contributed by atoms with Gasteiger partial charge in [-0.3, -0.25) is 0 Å². The van der Waals surface area contributed by atoms with Gasteiger partial charge in [0.05, 0.1) is 6.04 Å². The van der Waals surface area contributed by atoms with Crippen LogP contribution in [-0.2, 0) is 12.8 Å². The number of anilines is 1. The summed E-state index contributed by atoms with van der Waals surface area (Å²) >= 11 is 0. The van der Waals surface area contributed by atoms with E-state index in [1.54, 1.807) is 0 Å². The molecule has 138 valence electrons. The third-order valence-corrected chi connectivity index (χ3v) is 4.85. The van der Waals surface area contributed by atoms with Gasteiger partial charge < -0.3 is 15.2 Å². The molecule has 0 radical (unpaired) electrons. The molecule has 3 aromatic rings. The minimum absolute atomic E-state index is 0.0565. The van der Waals surface area contributed by atoms with Crippen molar-refractivity contribution in [2.45, 2.75) is 38.6 Å². The smallest absolute Gasteiger partial charge is 0.319 e. The first-order valence-corrected chi connectivity index (χ1v) is 9.31. The normalized spacial score (nSPS) is 15.8. The van der Waals surface area contributed by atoms with Gasteiger partial charge in [0.2, 0.25) is 11.7 Å². The standard InChI is InChI=1S/C21H22N4O2/c1-2-19-24-20(25-27-19)15-10-12-16(13-11-15)22-21(26)23-18-9-5-7-14-6-3-4-8-17(14)18/h3-4,6,8,10-13,18H,2,5,7,9H2,1H3,(H2,22,23,26)/t18-/m0/s1. The van der Waals surface area contributed by atoms with Crippen molar-refractivity contribution in [1.29, 1.82) is 0 Å². The number of aryl methyl sites for hydroxylation is 2. The van der Waals surface area contributed by atoms with Crippen LogP contribution in [0.4, 0.5) is 10.5 Å². The number of carbonyl (C=O) groups excluding carboxylic acids is 1. The summed E-state index contributed by atoms with van der Waals surface area (Å²) in [6.07, 6.45) is 3.83. The van der Waals surface area contributed by atoms with Crippen molar-refractivity contribution < 1.29 is 9.32 Å². The molecule has 2 N–H and O–H groups in total. The van der Waals surface area contributed by atoms with Crippen molar-refractivity contribution in [1.82, 2.24) is 15.5 Å². The topological polar surface area (TPSA) is 80.0 Å². The Bertz CT molecular complexity index is 933. The number of fused-ring (bicyclic) bond motifs is 1. The zero-order valence-electron chi connectivity index (χ0n) is 15.2. The Balaban J connectivity index is 1.40. The van der Waals surface area contributed by atoms with E-state index in [0.717, 1.165) is 30.5 Å². The highest BCUT2D eigenvalue weighted by Gasteiger charge is 2.21. The molecule has 6 nitrogen and oxygen atoms in total. The first kappa shape index (κ1) is 17.3. The van der Waals surface area contributed by atoms with Gasteiger partial charge in [-0.1, -0.05) is 36.3 Å².